The van der Waals surface area contributed by atoms with Gasteiger partial charge in [0.1, 0.15) is 17.6 Å². The van der Waals surface area contributed by atoms with Crippen LogP contribution in [0, 0.1) is 0 Å². The summed E-state index contributed by atoms with van der Waals surface area (Å²) in [5.74, 6) is 0.157. The van der Waals surface area contributed by atoms with Gasteiger partial charge in [0.2, 0.25) is 0 Å². The van der Waals surface area contributed by atoms with Crippen LogP contribution in [-0.2, 0) is 4.74 Å². The molecule has 0 radical (unpaired) electrons. The molecule has 2 rings (SSSR count). The molecule has 0 spiro atoms. The van der Waals surface area contributed by atoms with Gasteiger partial charge in [-0.2, -0.15) is 0 Å². The number of ether oxygens (including phenoxy) is 2. The maximum Gasteiger partial charge on any atom is 0.270 e. The summed E-state index contributed by atoms with van der Waals surface area (Å²) in [6.07, 6.45) is 3.31. The van der Waals surface area contributed by atoms with Crippen LogP contribution in [-0.4, -0.2) is 37.3 Å². The maximum absolute atomic E-state index is 14.2. The first-order valence-electron chi connectivity index (χ1n) is 7.81. The third-order valence-electron chi connectivity index (χ3n) is 3.38. The van der Waals surface area contributed by atoms with E-state index >= 15 is 0 Å². The molecule has 6 heteroatoms. The number of halogens is 1. The van der Waals surface area contributed by atoms with E-state index in [2.05, 4.69) is 10.3 Å². The number of amides is 1. The van der Waals surface area contributed by atoms with Crippen molar-refractivity contribution in [3.8, 4) is 5.75 Å². The molecule has 1 aliphatic rings. The summed E-state index contributed by atoms with van der Waals surface area (Å²) < 4.78 is 24.9. The number of aromatic nitrogens is 1. The Labute approximate surface area is 135 Å². The van der Waals surface area contributed by atoms with Crippen LogP contribution in [0.25, 0.3) is 6.08 Å². The van der Waals surface area contributed by atoms with Gasteiger partial charge in [0.15, 0.2) is 0 Å². The van der Waals surface area contributed by atoms with Crippen molar-refractivity contribution < 1.29 is 18.7 Å². The van der Waals surface area contributed by atoms with Crippen molar-refractivity contribution in [3.63, 3.8) is 0 Å². The fourth-order valence-corrected chi connectivity index (χ4v) is 2.33. The zero-order chi connectivity index (χ0) is 16.8. The first-order chi connectivity index (χ1) is 11.0. The SMILES string of the molecule is COCCCOc1cc(C(=O)NC(C)C)nc2c1C=CCC2F. The van der Waals surface area contributed by atoms with Crippen LogP contribution in [0.4, 0.5) is 4.39 Å². The van der Waals surface area contributed by atoms with Crippen molar-refractivity contribution >= 4 is 12.0 Å². The Hall–Kier alpha value is -1.95. The molecule has 5 nitrogen and oxygen atoms in total. The number of allylic oxidation sites excluding steroid dienone is 1. The highest BCUT2D eigenvalue weighted by Crippen LogP contribution is 2.35. The zero-order valence-electron chi connectivity index (χ0n) is 13.8. The largest absolute Gasteiger partial charge is 0.493 e. The number of rotatable bonds is 7. The standard InChI is InChI=1S/C17H23FN2O3/c1-11(2)19-17(21)14-10-15(23-9-5-8-22-3)12-6-4-7-13(18)16(12)20-14/h4,6,10-11,13H,5,7-9H2,1-3H3,(H,19,21). The molecule has 1 N–H and O–H groups in total. The molecule has 1 aromatic rings. The molecule has 126 valence electrons. The number of carbonyl (C=O) groups is 1. The van der Waals surface area contributed by atoms with E-state index in [1.54, 1.807) is 25.3 Å². The van der Waals surface area contributed by atoms with Crippen molar-refractivity contribution in [3.05, 3.63) is 29.1 Å². The Balaban J connectivity index is 2.29. The lowest BCUT2D eigenvalue weighted by Gasteiger charge is -2.19. The molecular weight excluding hydrogens is 299 g/mol. The number of nitrogens with one attached hydrogen (secondary N) is 1. The van der Waals surface area contributed by atoms with E-state index in [0.717, 1.165) is 0 Å². The van der Waals surface area contributed by atoms with Crippen LogP contribution >= 0.6 is 0 Å². The van der Waals surface area contributed by atoms with Crippen LogP contribution in [0.2, 0.25) is 0 Å². The fraction of sp³-hybridized carbons (Fsp3) is 0.529. The highest BCUT2D eigenvalue weighted by atomic mass is 19.1. The van der Waals surface area contributed by atoms with Crippen LogP contribution in [0.15, 0.2) is 12.1 Å². The minimum atomic E-state index is -1.22. The summed E-state index contributed by atoms with van der Waals surface area (Å²) in [5.41, 5.74) is 1.06. The van der Waals surface area contributed by atoms with E-state index in [1.165, 1.54) is 0 Å². The summed E-state index contributed by atoms with van der Waals surface area (Å²) >= 11 is 0. The lowest BCUT2D eigenvalue weighted by atomic mass is 9.99. The Morgan fingerprint density at radius 3 is 2.96 bits per heavy atom. The molecular formula is C17H23FN2O3. The average Bonchev–Trinajstić information content (AvgIpc) is 2.51. The molecule has 1 aliphatic carbocycles. The Bertz CT molecular complexity index is 587. The number of fused-ring (bicyclic) bond motifs is 1. The van der Waals surface area contributed by atoms with Crippen molar-refractivity contribution in [2.24, 2.45) is 0 Å². The molecule has 1 heterocycles. The number of nitrogens with zero attached hydrogens (tertiary/aromatic N) is 1. The van der Waals surface area contributed by atoms with Gasteiger partial charge in [-0.15, -0.1) is 0 Å². The van der Waals surface area contributed by atoms with Gasteiger partial charge < -0.3 is 14.8 Å². The summed E-state index contributed by atoms with van der Waals surface area (Å²) in [7, 11) is 1.62. The predicted octanol–water partition coefficient (Wildman–Crippen LogP) is 3.06. The first-order valence-corrected chi connectivity index (χ1v) is 7.81. The second-order valence-corrected chi connectivity index (χ2v) is 5.73. The maximum atomic E-state index is 14.2. The average molecular weight is 322 g/mol. The third kappa shape index (κ3) is 4.51. The molecule has 0 aliphatic heterocycles. The quantitative estimate of drug-likeness (QED) is 0.784. The minimum absolute atomic E-state index is 0.0209. The highest BCUT2D eigenvalue weighted by molar-refractivity contribution is 5.93. The number of pyridine rings is 1. The Kier molecular flexibility index (Phi) is 6.10. The summed E-state index contributed by atoms with van der Waals surface area (Å²) in [6, 6.07) is 1.55. The molecule has 1 atom stereocenters. The molecule has 0 fully saturated rings. The molecule has 0 saturated heterocycles. The monoisotopic (exact) mass is 322 g/mol. The highest BCUT2D eigenvalue weighted by Gasteiger charge is 2.24. The van der Waals surface area contributed by atoms with Crippen molar-refractivity contribution in [2.45, 2.75) is 38.9 Å². The lowest BCUT2D eigenvalue weighted by molar-refractivity contribution is 0.0936. The summed E-state index contributed by atoms with van der Waals surface area (Å²) in [5, 5.41) is 2.77. The first kappa shape index (κ1) is 17.4. The number of carbonyl (C=O) groups excluding carboxylic acids is 1. The molecule has 1 unspecified atom stereocenters. The van der Waals surface area contributed by atoms with Gasteiger partial charge in [-0.05, 0) is 13.8 Å². The smallest absolute Gasteiger partial charge is 0.270 e. The normalized spacial score (nSPS) is 16.3. The molecule has 1 amide bonds. The van der Waals surface area contributed by atoms with E-state index in [9.17, 15) is 9.18 Å². The predicted molar refractivity (Wildman–Crippen MR) is 86.3 cm³/mol. The van der Waals surface area contributed by atoms with E-state index in [0.29, 0.717) is 30.9 Å². The number of hydrogen-bond donors (Lipinski definition) is 1. The van der Waals surface area contributed by atoms with Crippen molar-refractivity contribution in [2.75, 3.05) is 20.3 Å². The molecule has 1 aromatic heterocycles. The zero-order valence-corrected chi connectivity index (χ0v) is 13.8. The van der Waals surface area contributed by atoms with Gasteiger partial charge >= 0.3 is 0 Å². The van der Waals surface area contributed by atoms with Crippen molar-refractivity contribution in [1.29, 1.82) is 0 Å². The van der Waals surface area contributed by atoms with Gasteiger partial charge in [-0.25, -0.2) is 9.37 Å². The lowest BCUT2D eigenvalue weighted by Crippen LogP contribution is -2.31. The van der Waals surface area contributed by atoms with Gasteiger partial charge in [0.25, 0.3) is 5.91 Å². The van der Waals surface area contributed by atoms with Crippen molar-refractivity contribution in [1.82, 2.24) is 10.3 Å². The van der Waals surface area contributed by atoms with Gasteiger partial charge in [-0.1, -0.05) is 12.2 Å². The molecule has 0 aromatic carbocycles. The topological polar surface area (TPSA) is 60.5 Å². The number of hydrogen-bond acceptors (Lipinski definition) is 4. The van der Waals surface area contributed by atoms with E-state index in [4.69, 9.17) is 9.47 Å². The fourth-order valence-electron chi connectivity index (χ4n) is 2.33. The Morgan fingerprint density at radius 2 is 2.26 bits per heavy atom. The van der Waals surface area contributed by atoms with E-state index in [1.807, 2.05) is 13.8 Å². The van der Waals surface area contributed by atoms with Gasteiger partial charge in [0.05, 0.1) is 12.3 Å². The van der Waals surface area contributed by atoms with Crippen LogP contribution in [0.1, 0.15) is 54.6 Å². The van der Waals surface area contributed by atoms with Crippen LogP contribution in [0.5, 0.6) is 5.75 Å². The molecule has 0 saturated carbocycles. The minimum Gasteiger partial charge on any atom is -0.493 e. The van der Waals surface area contributed by atoms with Crippen LogP contribution < -0.4 is 10.1 Å². The number of alkyl halides is 1. The summed E-state index contributed by atoms with van der Waals surface area (Å²) in [4.78, 5) is 16.4. The summed E-state index contributed by atoms with van der Waals surface area (Å²) in [6.45, 7) is 4.73. The van der Waals surface area contributed by atoms with E-state index < -0.39 is 6.17 Å². The van der Waals surface area contributed by atoms with Gasteiger partial charge in [0, 0.05) is 44.2 Å². The molecule has 23 heavy (non-hydrogen) atoms. The second kappa shape index (κ2) is 8.06. The van der Waals surface area contributed by atoms with Gasteiger partial charge in [-0.3, -0.25) is 4.79 Å². The molecule has 0 bridgehead atoms. The Morgan fingerprint density at radius 1 is 1.48 bits per heavy atom. The van der Waals surface area contributed by atoms with E-state index in [-0.39, 0.29) is 29.8 Å². The third-order valence-corrected chi connectivity index (χ3v) is 3.38. The van der Waals surface area contributed by atoms with Crippen LogP contribution in [0.3, 0.4) is 0 Å². The number of methoxy groups -OCH3 is 1. The second-order valence-electron chi connectivity index (χ2n) is 5.73.